The Morgan fingerprint density at radius 1 is 1.33 bits per heavy atom. The molecule has 3 aromatic heterocycles. The molecule has 0 aliphatic heterocycles. The van der Waals surface area contributed by atoms with E-state index in [0.717, 1.165) is 35.6 Å². The van der Waals surface area contributed by atoms with Gasteiger partial charge in [0.1, 0.15) is 11.3 Å². The predicted molar refractivity (Wildman–Crippen MR) is 82.4 cm³/mol. The Hall–Kier alpha value is -1.82. The van der Waals surface area contributed by atoms with Crippen molar-refractivity contribution in [3.63, 3.8) is 0 Å². The zero-order valence-electron chi connectivity index (χ0n) is 12.7. The second-order valence-electron chi connectivity index (χ2n) is 5.39. The van der Waals surface area contributed by atoms with Crippen LogP contribution in [-0.4, -0.2) is 29.1 Å². The molecule has 0 aromatic carbocycles. The summed E-state index contributed by atoms with van der Waals surface area (Å²) in [4.78, 5) is 4.68. The van der Waals surface area contributed by atoms with Crippen molar-refractivity contribution in [2.24, 2.45) is 14.1 Å². The molecular weight excluding hydrogens is 288 g/mol. The molecule has 0 aliphatic carbocycles. The number of fused-ring (bicyclic) bond motifs is 1. The van der Waals surface area contributed by atoms with Crippen LogP contribution in [0.1, 0.15) is 29.4 Å². The Labute approximate surface area is 128 Å². The number of aromatic nitrogens is 6. The number of imidazole rings is 1. The average molecular weight is 307 g/mol. The number of nitrogens with zero attached hydrogens (tertiary/aromatic N) is 6. The van der Waals surface area contributed by atoms with Crippen molar-refractivity contribution in [2.75, 3.05) is 0 Å². The first kappa shape index (κ1) is 14.1. The van der Waals surface area contributed by atoms with Crippen LogP contribution in [-0.2, 0) is 27.1 Å². The van der Waals surface area contributed by atoms with Crippen LogP contribution in [0.25, 0.3) is 11.2 Å². The summed E-state index contributed by atoms with van der Waals surface area (Å²) in [6.45, 7) is 4.74. The lowest BCUT2D eigenvalue weighted by Crippen LogP contribution is -2.09. The summed E-state index contributed by atoms with van der Waals surface area (Å²) in [7, 11) is 3.87. The Morgan fingerprint density at radius 3 is 2.71 bits per heavy atom. The Morgan fingerprint density at radius 2 is 2.10 bits per heavy atom. The maximum atomic E-state index is 6.30. The van der Waals surface area contributed by atoms with Gasteiger partial charge in [0.25, 0.3) is 0 Å². The van der Waals surface area contributed by atoms with Gasteiger partial charge in [0, 0.05) is 26.8 Å². The number of aryl methyl sites for hydroxylation is 5. The van der Waals surface area contributed by atoms with Crippen molar-refractivity contribution >= 4 is 22.8 Å². The smallest absolute Gasteiger partial charge is 0.158 e. The largest absolute Gasteiger partial charge is 0.311 e. The van der Waals surface area contributed by atoms with E-state index in [1.54, 1.807) is 0 Å². The zero-order valence-corrected chi connectivity index (χ0v) is 13.5. The van der Waals surface area contributed by atoms with Crippen LogP contribution in [0, 0.1) is 6.92 Å². The van der Waals surface area contributed by atoms with E-state index in [9.17, 15) is 0 Å². The fraction of sp³-hybridized carbons (Fsp3) is 0.500. The van der Waals surface area contributed by atoms with Crippen LogP contribution in [0.2, 0.25) is 0 Å². The molecule has 0 saturated heterocycles. The maximum absolute atomic E-state index is 6.30. The molecule has 0 amide bonds. The molecule has 3 heterocycles. The topological polar surface area (TPSA) is 53.5 Å². The van der Waals surface area contributed by atoms with Gasteiger partial charge in [-0.1, -0.05) is 0 Å². The van der Waals surface area contributed by atoms with Crippen LogP contribution in [0.5, 0.6) is 0 Å². The Kier molecular flexibility index (Phi) is 3.49. The minimum Gasteiger partial charge on any atom is -0.311 e. The first-order chi connectivity index (χ1) is 9.97. The summed E-state index contributed by atoms with van der Waals surface area (Å²) >= 11 is 6.30. The Bertz CT molecular complexity index is 779. The van der Waals surface area contributed by atoms with E-state index >= 15 is 0 Å². The molecule has 3 aromatic rings. The maximum Gasteiger partial charge on any atom is 0.158 e. The van der Waals surface area contributed by atoms with Gasteiger partial charge < -0.3 is 4.57 Å². The SMILES string of the molecule is Cc1nn(C)c2c1nc(C(C)Cl)n2CCc1cnn(C)c1. The second-order valence-corrected chi connectivity index (χ2v) is 6.05. The molecule has 6 nitrogen and oxygen atoms in total. The van der Waals surface area contributed by atoms with Crippen LogP contribution >= 0.6 is 11.6 Å². The van der Waals surface area contributed by atoms with Gasteiger partial charge in [0.05, 0.1) is 17.3 Å². The lowest BCUT2D eigenvalue weighted by Gasteiger charge is -2.10. The molecule has 112 valence electrons. The molecule has 3 rings (SSSR count). The molecule has 0 N–H and O–H groups in total. The fourth-order valence-corrected chi connectivity index (χ4v) is 2.88. The third-order valence-corrected chi connectivity index (χ3v) is 3.85. The molecule has 0 radical (unpaired) electrons. The molecule has 0 aliphatic rings. The lowest BCUT2D eigenvalue weighted by molar-refractivity contribution is 0.636. The number of rotatable bonds is 4. The van der Waals surface area contributed by atoms with Crippen molar-refractivity contribution < 1.29 is 0 Å². The van der Waals surface area contributed by atoms with E-state index in [-0.39, 0.29) is 5.38 Å². The molecule has 0 bridgehead atoms. The van der Waals surface area contributed by atoms with Gasteiger partial charge in [-0.15, -0.1) is 11.6 Å². The van der Waals surface area contributed by atoms with E-state index in [1.807, 2.05) is 49.7 Å². The summed E-state index contributed by atoms with van der Waals surface area (Å²) in [5.41, 5.74) is 4.10. The quantitative estimate of drug-likeness (QED) is 0.695. The second kappa shape index (κ2) is 5.18. The van der Waals surface area contributed by atoms with Gasteiger partial charge in [0.2, 0.25) is 0 Å². The van der Waals surface area contributed by atoms with E-state index in [4.69, 9.17) is 11.6 Å². The number of hydrogen-bond donors (Lipinski definition) is 0. The van der Waals surface area contributed by atoms with E-state index in [0.29, 0.717) is 0 Å². The summed E-state index contributed by atoms with van der Waals surface area (Å²) in [6.07, 6.45) is 4.82. The summed E-state index contributed by atoms with van der Waals surface area (Å²) in [5, 5.41) is 8.52. The molecule has 1 atom stereocenters. The fourth-order valence-electron chi connectivity index (χ4n) is 2.72. The van der Waals surface area contributed by atoms with E-state index in [2.05, 4.69) is 19.7 Å². The van der Waals surface area contributed by atoms with Gasteiger partial charge >= 0.3 is 0 Å². The van der Waals surface area contributed by atoms with Gasteiger partial charge in [-0.2, -0.15) is 10.2 Å². The first-order valence-electron chi connectivity index (χ1n) is 6.98. The van der Waals surface area contributed by atoms with E-state index in [1.165, 1.54) is 5.56 Å². The third kappa shape index (κ3) is 2.44. The highest BCUT2D eigenvalue weighted by molar-refractivity contribution is 6.20. The number of halogens is 1. The average Bonchev–Trinajstić information content (AvgIpc) is 3.05. The molecule has 0 saturated carbocycles. The zero-order chi connectivity index (χ0) is 15.1. The molecule has 1 unspecified atom stereocenters. The summed E-state index contributed by atoms with van der Waals surface area (Å²) in [5.74, 6) is 0.895. The molecule has 0 spiro atoms. The predicted octanol–water partition coefficient (Wildman–Crippen LogP) is 2.35. The Balaban J connectivity index is 2.00. The van der Waals surface area contributed by atoms with Crippen LogP contribution in [0.3, 0.4) is 0 Å². The lowest BCUT2D eigenvalue weighted by atomic mass is 10.2. The molecular formula is C14H19ClN6. The minimum absolute atomic E-state index is 0.134. The molecule has 0 fully saturated rings. The van der Waals surface area contributed by atoms with Crippen LogP contribution in [0.4, 0.5) is 0 Å². The molecule has 21 heavy (non-hydrogen) atoms. The number of alkyl halides is 1. The van der Waals surface area contributed by atoms with Crippen molar-refractivity contribution in [1.82, 2.24) is 29.1 Å². The van der Waals surface area contributed by atoms with Gasteiger partial charge in [-0.25, -0.2) is 4.98 Å². The van der Waals surface area contributed by atoms with Crippen LogP contribution < -0.4 is 0 Å². The highest BCUT2D eigenvalue weighted by Gasteiger charge is 2.19. The first-order valence-corrected chi connectivity index (χ1v) is 7.42. The van der Waals surface area contributed by atoms with E-state index < -0.39 is 0 Å². The summed E-state index contributed by atoms with van der Waals surface area (Å²) in [6, 6.07) is 0. The highest BCUT2D eigenvalue weighted by atomic mass is 35.5. The minimum atomic E-state index is -0.134. The van der Waals surface area contributed by atoms with Crippen molar-refractivity contribution in [2.45, 2.75) is 32.2 Å². The van der Waals surface area contributed by atoms with Crippen LogP contribution in [0.15, 0.2) is 12.4 Å². The number of hydrogen-bond acceptors (Lipinski definition) is 3. The van der Waals surface area contributed by atoms with Gasteiger partial charge in [0.15, 0.2) is 5.65 Å². The van der Waals surface area contributed by atoms with Crippen molar-refractivity contribution in [3.8, 4) is 0 Å². The molecule has 7 heteroatoms. The van der Waals surface area contributed by atoms with Crippen molar-refractivity contribution in [3.05, 3.63) is 29.5 Å². The van der Waals surface area contributed by atoms with Gasteiger partial charge in [-0.05, 0) is 25.8 Å². The highest BCUT2D eigenvalue weighted by Crippen LogP contribution is 2.26. The normalized spacial score (nSPS) is 13.2. The van der Waals surface area contributed by atoms with Crippen molar-refractivity contribution in [1.29, 1.82) is 0 Å². The summed E-state index contributed by atoms with van der Waals surface area (Å²) < 4.78 is 5.86. The van der Waals surface area contributed by atoms with Gasteiger partial charge in [-0.3, -0.25) is 9.36 Å². The standard InChI is InChI=1S/C14H19ClN6/c1-9(15)13-17-12-10(2)18-20(4)14(12)21(13)6-5-11-7-16-19(3)8-11/h7-9H,5-6H2,1-4H3. The third-order valence-electron chi connectivity index (χ3n) is 3.66. The monoisotopic (exact) mass is 306 g/mol.